The van der Waals surface area contributed by atoms with Gasteiger partial charge in [-0.3, -0.25) is 0 Å². The molecule has 6 nitrogen and oxygen atoms in total. The number of alkyl carbamates (subject to hydrolysis) is 1. The maximum Gasteiger partial charge on any atom is 0.407 e. The summed E-state index contributed by atoms with van der Waals surface area (Å²) >= 11 is 0. The van der Waals surface area contributed by atoms with Gasteiger partial charge >= 0.3 is 6.09 Å². The molecule has 0 radical (unpaired) electrons. The molecule has 1 fully saturated rings. The average Bonchev–Trinajstić information content (AvgIpc) is 2.82. The van der Waals surface area contributed by atoms with Crippen LogP contribution in [0.25, 0.3) is 0 Å². The van der Waals surface area contributed by atoms with Gasteiger partial charge in [0.15, 0.2) is 0 Å². The highest BCUT2D eigenvalue weighted by Crippen LogP contribution is 2.26. The topological polar surface area (TPSA) is 76.1 Å². The van der Waals surface area contributed by atoms with Crippen LogP contribution in [0.5, 0.6) is 0 Å². The monoisotopic (exact) mass is 292 g/mol. The van der Waals surface area contributed by atoms with E-state index in [2.05, 4.69) is 20.6 Å². The highest BCUT2D eigenvalue weighted by molar-refractivity contribution is 5.68. The first kappa shape index (κ1) is 15.5. The number of hydrogen-bond donors (Lipinski definition) is 2. The summed E-state index contributed by atoms with van der Waals surface area (Å²) in [6, 6.07) is 1.93. The number of amides is 1. The Bertz CT molecular complexity index is 458. The van der Waals surface area contributed by atoms with Gasteiger partial charge in [-0.15, -0.1) is 0 Å². The molecular formula is C15H24N4O2. The van der Waals surface area contributed by atoms with E-state index in [1.54, 1.807) is 18.5 Å². The molecule has 1 saturated carbocycles. The summed E-state index contributed by atoms with van der Waals surface area (Å²) in [5.74, 6) is 1.00. The molecule has 1 heterocycles. The van der Waals surface area contributed by atoms with E-state index in [0.29, 0.717) is 11.9 Å². The highest BCUT2D eigenvalue weighted by Gasteiger charge is 2.30. The van der Waals surface area contributed by atoms with Gasteiger partial charge in [0.05, 0.1) is 0 Å². The molecule has 1 amide bonds. The largest absolute Gasteiger partial charge is 0.444 e. The first-order valence-corrected chi connectivity index (χ1v) is 7.44. The first-order valence-electron chi connectivity index (χ1n) is 7.44. The molecule has 21 heavy (non-hydrogen) atoms. The first-order chi connectivity index (χ1) is 9.94. The predicted octanol–water partition coefficient (Wildman–Crippen LogP) is 2.58. The lowest BCUT2D eigenvalue weighted by atomic mass is 10.0. The number of carbonyl (C=O) groups is 1. The molecule has 1 aromatic heterocycles. The van der Waals surface area contributed by atoms with E-state index >= 15 is 0 Å². The SMILES string of the molecule is CC(C)(C)OC(=O)NC1CCCC1CNc1ncccn1. The van der Waals surface area contributed by atoms with E-state index in [1.165, 1.54) is 0 Å². The zero-order valence-electron chi connectivity index (χ0n) is 12.9. The molecule has 1 aromatic rings. The Kier molecular flexibility index (Phi) is 4.98. The maximum absolute atomic E-state index is 11.9. The molecule has 2 N–H and O–H groups in total. The average molecular weight is 292 g/mol. The Morgan fingerprint density at radius 2 is 2.05 bits per heavy atom. The summed E-state index contributed by atoms with van der Waals surface area (Å²) in [5.41, 5.74) is -0.464. The summed E-state index contributed by atoms with van der Waals surface area (Å²) in [4.78, 5) is 20.1. The maximum atomic E-state index is 11.9. The van der Waals surface area contributed by atoms with Crippen LogP contribution in [0.4, 0.5) is 10.7 Å². The van der Waals surface area contributed by atoms with Gasteiger partial charge in [-0.25, -0.2) is 14.8 Å². The molecule has 116 valence electrons. The fourth-order valence-electron chi connectivity index (χ4n) is 2.54. The van der Waals surface area contributed by atoms with Crippen LogP contribution in [0.3, 0.4) is 0 Å². The van der Waals surface area contributed by atoms with Crippen molar-refractivity contribution in [1.29, 1.82) is 0 Å². The van der Waals surface area contributed by atoms with Crippen LogP contribution >= 0.6 is 0 Å². The van der Waals surface area contributed by atoms with Crippen LogP contribution in [0.2, 0.25) is 0 Å². The lowest BCUT2D eigenvalue weighted by Gasteiger charge is -2.25. The van der Waals surface area contributed by atoms with Gasteiger partial charge in [-0.05, 0) is 45.6 Å². The summed E-state index contributed by atoms with van der Waals surface area (Å²) < 4.78 is 5.32. The molecule has 0 bridgehead atoms. The second-order valence-electron chi connectivity index (χ2n) is 6.40. The molecule has 0 spiro atoms. The number of aromatic nitrogens is 2. The third-order valence-electron chi connectivity index (χ3n) is 3.45. The second-order valence-corrected chi connectivity index (χ2v) is 6.40. The summed E-state index contributed by atoms with van der Waals surface area (Å²) in [6.45, 7) is 6.36. The van der Waals surface area contributed by atoms with Crippen LogP contribution in [-0.2, 0) is 4.74 Å². The molecule has 2 rings (SSSR count). The smallest absolute Gasteiger partial charge is 0.407 e. The number of ether oxygens (including phenoxy) is 1. The Morgan fingerprint density at radius 3 is 2.71 bits per heavy atom. The number of nitrogens with one attached hydrogen (secondary N) is 2. The van der Waals surface area contributed by atoms with E-state index in [-0.39, 0.29) is 12.1 Å². The van der Waals surface area contributed by atoms with Crippen molar-refractivity contribution in [2.24, 2.45) is 5.92 Å². The number of hydrogen-bond acceptors (Lipinski definition) is 5. The van der Waals surface area contributed by atoms with Crippen molar-refractivity contribution < 1.29 is 9.53 Å². The minimum atomic E-state index is -0.464. The van der Waals surface area contributed by atoms with Gasteiger partial charge in [0, 0.05) is 25.0 Å². The minimum absolute atomic E-state index is 0.149. The van der Waals surface area contributed by atoms with Crippen molar-refractivity contribution in [1.82, 2.24) is 15.3 Å². The standard InChI is InChI=1S/C15H24N4O2/c1-15(2,3)21-14(20)19-12-7-4-6-11(12)10-18-13-16-8-5-9-17-13/h5,8-9,11-12H,4,6-7,10H2,1-3H3,(H,19,20)(H,16,17,18). The molecule has 1 aliphatic rings. The number of carbonyl (C=O) groups excluding carboxylic acids is 1. The lowest BCUT2D eigenvalue weighted by molar-refractivity contribution is 0.0494. The highest BCUT2D eigenvalue weighted by atomic mass is 16.6. The van der Waals surface area contributed by atoms with Crippen LogP contribution in [0.1, 0.15) is 40.0 Å². The van der Waals surface area contributed by atoms with Crippen LogP contribution < -0.4 is 10.6 Å². The lowest BCUT2D eigenvalue weighted by Crippen LogP contribution is -2.42. The molecule has 0 aliphatic heterocycles. The molecule has 1 aliphatic carbocycles. The number of nitrogens with zero attached hydrogens (tertiary/aromatic N) is 2. The number of anilines is 1. The van der Waals surface area contributed by atoms with Crippen molar-refractivity contribution in [2.45, 2.75) is 51.7 Å². The van der Waals surface area contributed by atoms with Gasteiger partial charge in [0.25, 0.3) is 0 Å². The molecule has 0 aromatic carbocycles. The van der Waals surface area contributed by atoms with Gasteiger partial charge in [0.1, 0.15) is 5.60 Å². The zero-order valence-corrected chi connectivity index (χ0v) is 12.9. The van der Waals surface area contributed by atoms with E-state index in [9.17, 15) is 4.79 Å². The van der Waals surface area contributed by atoms with E-state index in [1.807, 2.05) is 20.8 Å². The number of rotatable bonds is 4. The van der Waals surface area contributed by atoms with Crippen LogP contribution in [-0.4, -0.2) is 34.2 Å². The zero-order chi connectivity index (χ0) is 15.3. The predicted molar refractivity (Wildman–Crippen MR) is 81.0 cm³/mol. The van der Waals surface area contributed by atoms with Crippen molar-refractivity contribution in [2.75, 3.05) is 11.9 Å². The molecule has 2 unspecified atom stereocenters. The van der Waals surface area contributed by atoms with Crippen molar-refractivity contribution in [3.8, 4) is 0 Å². The molecule has 6 heteroatoms. The summed E-state index contributed by atoms with van der Waals surface area (Å²) in [7, 11) is 0. The van der Waals surface area contributed by atoms with Crippen molar-refractivity contribution >= 4 is 12.0 Å². The fourth-order valence-corrected chi connectivity index (χ4v) is 2.54. The summed E-state index contributed by atoms with van der Waals surface area (Å²) in [5, 5.41) is 6.20. The second kappa shape index (κ2) is 6.74. The Hall–Kier alpha value is -1.85. The van der Waals surface area contributed by atoms with Gasteiger partial charge in [-0.1, -0.05) is 6.42 Å². The Balaban J connectivity index is 1.81. The quantitative estimate of drug-likeness (QED) is 0.892. The van der Waals surface area contributed by atoms with Crippen molar-refractivity contribution in [3.05, 3.63) is 18.5 Å². The third-order valence-corrected chi connectivity index (χ3v) is 3.45. The molecule has 2 atom stereocenters. The fraction of sp³-hybridized carbons (Fsp3) is 0.667. The molecular weight excluding hydrogens is 268 g/mol. The van der Waals surface area contributed by atoms with E-state index < -0.39 is 5.60 Å². The Labute approximate surface area is 125 Å². The molecule has 0 saturated heterocycles. The van der Waals surface area contributed by atoms with E-state index in [4.69, 9.17) is 4.74 Å². The summed E-state index contributed by atoms with van der Waals surface area (Å²) in [6.07, 6.45) is 6.26. The van der Waals surface area contributed by atoms with Crippen LogP contribution in [0.15, 0.2) is 18.5 Å². The Morgan fingerprint density at radius 1 is 1.33 bits per heavy atom. The van der Waals surface area contributed by atoms with Gasteiger partial charge in [-0.2, -0.15) is 0 Å². The normalized spacial score (nSPS) is 21.9. The van der Waals surface area contributed by atoms with Crippen LogP contribution in [0, 0.1) is 5.92 Å². The minimum Gasteiger partial charge on any atom is -0.444 e. The van der Waals surface area contributed by atoms with E-state index in [0.717, 1.165) is 25.8 Å². The van der Waals surface area contributed by atoms with Crippen molar-refractivity contribution in [3.63, 3.8) is 0 Å². The van der Waals surface area contributed by atoms with Gasteiger partial charge in [0.2, 0.25) is 5.95 Å². The van der Waals surface area contributed by atoms with Gasteiger partial charge < -0.3 is 15.4 Å². The third kappa shape index (κ3) is 5.21.